The Morgan fingerprint density at radius 3 is 2.80 bits per heavy atom. The van der Waals surface area contributed by atoms with Crippen molar-refractivity contribution in [2.45, 2.75) is 19.4 Å². The predicted octanol–water partition coefficient (Wildman–Crippen LogP) is 1.72. The van der Waals surface area contributed by atoms with Crippen LogP contribution in [0.1, 0.15) is 27.9 Å². The molecule has 0 amide bonds. The molecular formula is C16H15BO3. The minimum atomic E-state index is -0.824. The molecule has 0 atom stereocenters. The van der Waals surface area contributed by atoms with E-state index >= 15 is 0 Å². The summed E-state index contributed by atoms with van der Waals surface area (Å²) >= 11 is 0. The number of carbonyl (C=O) groups is 1. The summed E-state index contributed by atoms with van der Waals surface area (Å²) in [6, 6.07) is 15.2. The second-order valence-corrected chi connectivity index (χ2v) is 4.99. The Bertz CT molecular complexity index is 625. The van der Waals surface area contributed by atoms with Gasteiger partial charge < -0.3 is 9.68 Å². The van der Waals surface area contributed by atoms with Crippen molar-refractivity contribution in [3.8, 4) is 0 Å². The molecule has 0 saturated heterocycles. The number of rotatable bonds is 4. The van der Waals surface area contributed by atoms with E-state index in [1.807, 2.05) is 48.5 Å². The van der Waals surface area contributed by atoms with Gasteiger partial charge in [-0.1, -0.05) is 48.5 Å². The minimum absolute atomic E-state index is 0.142. The van der Waals surface area contributed by atoms with Crippen LogP contribution in [0.15, 0.2) is 48.5 Å². The molecule has 2 aromatic rings. The molecule has 1 heterocycles. The molecule has 0 aromatic heterocycles. The number of Topliss-reactive ketones (excluding diaryl/α,β-unsaturated/α-hetero) is 1. The molecular weight excluding hydrogens is 251 g/mol. The van der Waals surface area contributed by atoms with Crippen LogP contribution in [-0.2, 0) is 17.7 Å². The van der Waals surface area contributed by atoms with Gasteiger partial charge in [-0.15, -0.1) is 0 Å². The van der Waals surface area contributed by atoms with Crippen LogP contribution in [0, 0.1) is 0 Å². The number of aryl methyl sites for hydroxylation is 1. The van der Waals surface area contributed by atoms with Crippen LogP contribution in [0.5, 0.6) is 0 Å². The molecule has 0 spiro atoms. The molecule has 0 bridgehead atoms. The van der Waals surface area contributed by atoms with E-state index in [2.05, 4.69) is 0 Å². The summed E-state index contributed by atoms with van der Waals surface area (Å²) in [6.07, 6.45) is 1.15. The van der Waals surface area contributed by atoms with Crippen molar-refractivity contribution in [3.05, 3.63) is 65.2 Å². The third-order valence-electron chi connectivity index (χ3n) is 3.61. The quantitative estimate of drug-likeness (QED) is 0.677. The molecule has 0 unspecified atom stereocenters. The first-order valence-electron chi connectivity index (χ1n) is 6.73. The van der Waals surface area contributed by atoms with Gasteiger partial charge in [-0.05, 0) is 23.0 Å². The number of benzene rings is 2. The highest BCUT2D eigenvalue weighted by Crippen LogP contribution is 2.13. The molecule has 1 aliphatic heterocycles. The summed E-state index contributed by atoms with van der Waals surface area (Å²) in [5.41, 5.74) is 3.65. The Hall–Kier alpha value is -1.91. The van der Waals surface area contributed by atoms with Crippen LogP contribution in [0.25, 0.3) is 0 Å². The Labute approximate surface area is 118 Å². The van der Waals surface area contributed by atoms with Crippen LogP contribution in [0.4, 0.5) is 0 Å². The van der Waals surface area contributed by atoms with E-state index in [0.29, 0.717) is 19.4 Å². The van der Waals surface area contributed by atoms with Crippen molar-refractivity contribution in [3.63, 3.8) is 0 Å². The summed E-state index contributed by atoms with van der Waals surface area (Å²) in [6.45, 7) is 0.458. The van der Waals surface area contributed by atoms with Gasteiger partial charge in [0.05, 0.1) is 6.61 Å². The lowest BCUT2D eigenvalue weighted by atomic mass is 9.78. The summed E-state index contributed by atoms with van der Waals surface area (Å²) in [4.78, 5) is 12.0. The molecule has 3 nitrogen and oxygen atoms in total. The van der Waals surface area contributed by atoms with E-state index in [1.54, 1.807) is 0 Å². The summed E-state index contributed by atoms with van der Waals surface area (Å²) in [5.74, 6) is 0.142. The highest BCUT2D eigenvalue weighted by atomic mass is 16.5. The minimum Gasteiger partial charge on any atom is -0.423 e. The molecule has 100 valence electrons. The van der Waals surface area contributed by atoms with E-state index in [1.165, 1.54) is 0 Å². The van der Waals surface area contributed by atoms with Gasteiger partial charge in [0.25, 0.3) is 0 Å². The summed E-state index contributed by atoms with van der Waals surface area (Å²) in [7, 11) is -0.824. The molecule has 2 aromatic carbocycles. The van der Waals surface area contributed by atoms with Crippen molar-refractivity contribution in [2.75, 3.05) is 0 Å². The zero-order valence-corrected chi connectivity index (χ0v) is 11.1. The molecule has 1 N–H and O–H groups in total. The summed E-state index contributed by atoms with van der Waals surface area (Å²) < 4.78 is 5.16. The van der Waals surface area contributed by atoms with Crippen LogP contribution in [0.2, 0.25) is 0 Å². The van der Waals surface area contributed by atoms with Gasteiger partial charge in [-0.2, -0.15) is 0 Å². The normalized spacial score (nSPS) is 13.3. The van der Waals surface area contributed by atoms with E-state index in [4.69, 9.17) is 4.65 Å². The van der Waals surface area contributed by atoms with Crippen LogP contribution < -0.4 is 5.46 Å². The lowest BCUT2D eigenvalue weighted by Gasteiger charge is -2.05. The molecule has 20 heavy (non-hydrogen) atoms. The number of fused-ring (bicyclic) bond motifs is 1. The van der Waals surface area contributed by atoms with Crippen molar-refractivity contribution < 1.29 is 14.5 Å². The number of hydrogen-bond acceptors (Lipinski definition) is 3. The van der Waals surface area contributed by atoms with Gasteiger partial charge in [0.15, 0.2) is 5.78 Å². The lowest BCUT2D eigenvalue weighted by molar-refractivity contribution is 0.0983. The fraction of sp³-hybridized carbons (Fsp3) is 0.188. The third kappa shape index (κ3) is 2.67. The first-order chi connectivity index (χ1) is 9.74. The maximum absolute atomic E-state index is 12.0. The maximum Gasteiger partial charge on any atom is 0.491 e. The second kappa shape index (κ2) is 5.61. The van der Waals surface area contributed by atoms with Crippen LogP contribution in [-0.4, -0.2) is 17.9 Å². The molecule has 0 aliphatic carbocycles. The third-order valence-corrected chi connectivity index (χ3v) is 3.61. The van der Waals surface area contributed by atoms with Crippen LogP contribution >= 0.6 is 0 Å². The average Bonchev–Trinajstić information content (AvgIpc) is 2.87. The highest BCUT2D eigenvalue weighted by molar-refractivity contribution is 6.61. The molecule has 3 rings (SSSR count). The molecule has 1 aliphatic rings. The maximum atomic E-state index is 12.0. The Balaban J connectivity index is 1.67. The fourth-order valence-corrected chi connectivity index (χ4v) is 2.45. The van der Waals surface area contributed by atoms with Crippen LogP contribution in [0.3, 0.4) is 0 Å². The first kappa shape index (κ1) is 13.1. The lowest BCUT2D eigenvalue weighted by Crippen LogP contribution is -2.28. The Morgan fingerprint density at radius 2 is 2.00 bits per heavy atom. The highest BCUT2D eigenvalue weighted by Gasteiger charge is 2.27. The van der Waals surface area contributed by atoms with Crippen molar-refractivity contribution >= 4 is 18.4 Å². The Kier molecular flexibility index (Phi) is 3.67. The molecule has 4 heteroatoms. The van der Waals surface area contributed by atoms with Gasteiger partial charge in [0.2, 0.25) is 0 Å². The van der Waals surface area contributed by atoms with Crippen molar-refractivity contribution in [2.24, 2.45) is 0 Å². The largest absolute Gasteiger partial charge is 0.491 e. The topological polar surface area (TPSA) is 46.5 Å². The molecule has 0 fully saturated rings. The van der Waals surface area contributed by atoms with Gasteiger partial charge in [0.1, 0.15) is 0 Å². The Morgan fingerprint density at radius 1 is 1.20 bits per heavy atom. The fourth-order valence-electron chi connectivity index (χ4n) is 2.45. The molecule has 0 saturated carbocycles. The predicted molar refractivity (Wildman–Crippen MR) is 77.9 cm³/mol. The number of ketones is 1. The van der Waals surface area contributed by atoms with Gasteiger partial charge in [-0.3, -0.25) is 4.79 Å². The number of carbonyl (C=O) groups excluding carboxylic acids is 1. The van der Waals surface area contributed by atoms with E-state index in [9.17, 15) is 9.82 Å². The average molecular weight is 266 g/mol. The van der Waals surface area contributed by atoms with Gasteiger partial charge in [0, 0.05) is 12.0 Å². The van der Waals surface area contributed by atoms with Gasteiger partial charge >= 0.3 is 7.12 Å². The van der Waals surface area contributed by atoms with Crippen molar-refractivity contribution in [1.82, 2.24) is 0 Å². The first-order valence-corrected chi connectivity index (χ1v) is 6.73. The monoisotopic (exact) mass is 266 g/mol. The zero-order valence-electron chi connectivity index (χ0n) is 11.1. The smallest absolute Gasteiger partial charge is 0.423 e. The summed E-state index contributed by atoms with van der Waals surface area (Å²) in [5, 5.41) is 9.67. The van der Waals surface area contributed by atoms with Crippen molar-refractivity contribution in [1.29, 1.82) is 0 Å². The standard InChI is InChI=1S/C16H15BO3/c18-16(13-4-2-1-3-5-13)9-7-12-6-8-14-11-20-17(19)15(14)10-12/h1-6,8,10,19H,7,9,11H2. The molecule has 0 radical (unpaired) electrons. The SMILES string of the molecule is O=C(CCc1ccc2c(c1)B(O)OC2)c1ccccc1. The number of hydrogen-bond donors (Lipinski definition) is 1. The van der Waals surface area contributed by atoms with E-state index < -0.39 is 7.12 Å². The van der Waals surface area contributed by atoms with E-state index in [0.717, 1.165) is 22.2 Å². The second-order valence-electron chi connectivity index (χ2n) is 4.99. The zero-order chi connectivity index (χ0) is 13.9. The van der Waals surface area contributed by atoms with Gasteiger partial charge in [-0.25, -0.2) is 0 Å². The van der Waals surface area contributed by atoms with E-state index in [-0.39, 0.29) is 5.78 Å².